The van der Waals surface area contributed by atoms with Crippen LogP contribution in [0.5, 0.6) is 0 Å². The number of rotatable bonds is 4. The molecule has 0 saturated carbocycles. The van der Waals surface area contributed by atoms with Crippen LogP contribution in [0.1, 0.15) is 16.7 Å². The topological polar surface area (TPSA) is 51.2 Å². The second kappa shape index (κ2) is 8.31. The van der Waals surface area contributed by atoms with Gasteiger partial charge >= 0.3 is 0 Å². The molecule has 2 aliphatic rings. The van der Waals surface area contributed by atoms with Crippen LogP contribution in [0.4, 0.5) is 0 Å². The Balaban J connectivity index is 1.10. The van der Waals surface area contributed by atoms with Gasteiger partial charge in [-0.2, -0.15) is 5.10 Å². The van der Waals surface area contributed by atoms with Crippen molar-refractivity contribution >= 4 is 16.9 Å². The van der Waals surface area contributed by atoms with E-state index in [2.05, 4.69) is 62.0 Å². The molecule has 2 aromatic carbocycles. The molecule has 7 heteroatoms. The van der Waals surface area contributed by atoms with Crippen LogP contribution in [0, 0.1) is 0 Å². The largest absolute Gasteiger partial charge is 0.347 e. The molecule has 0 bridgehead atoms. The number of benzene rings is 2. The Morgan fingerprint density at radius 3 is 2.69 bits per heavy atom. The van der Waals surface area contributed by atoms with Gasteiger partial charge in [0.25, 0.3) is 0 Å². The SMILES string of the molecule is c1cnn(-c2ccc(CC3CN=C(N4CCc5ccc(-n6ccnc6)cc5C4)S3)cc2)c1. The lowest BCUT2D eigenvalue weighted by Gasteiger charge is -2.30. The Morgan fingerprint density at radius 1 is 0.969 bits per heavy atom. The van der Waals surface area contributed by atoms with Crippen LogP contribution in [-0.2, 0) is 19.4 Å². The molecular formula is C25H24N6S. The maximum absolute atomic E-state index is 4.92. The summed E-state index contributed by atoms with van der Waals surface area (Å²) >= 11 is 1.93. The fourth-order valence-electron chi connectivity index (χ4n) is 4.43. The van der Waals surface area contributed by atoms with Gasteiger partial charge in [0.05, 0.1) is 18.6 Å². The molecule has 6 nitrogen and oxygen atoms in total. The smallest absolute Gasteiger partial charge is 0.159 e. The maximum atomic E-state index is 4.92. The van der Waals surface area contributed by atoms with Crippen molar-refractivity contribution in [3.63, 3.8) is 0 Å². The second-order valence-corrected chi connectivity index (χ2v) is 9.55. The first-order chi connectivity index (χ1) is 15.8. The molecule has 0 spiro atoms. The molecule has 0 N–H and O–H groups in total. The number of nitrogens with zero attached hydrogens (tertiary/aromatic N) is 6. The number of aromatic nitrogens is 4. The normalized spacial score (nSPS) is 17.9. The third-order valence-electron chi connectivity index (χ3n) is 6.15. The lowest BCUT2D eigenvalue weighted by molar-refractivity contribution is 0.401. The summed E-state index contributed by atoms with van der Waals surface area (Å²) in [6, 6.07) is 17.4. The van der Waals surface area contributed by atoms with Gasteiger partial charge in [-0.3, -0.25) is 4.99 Å². The summed E-state index contributed by atoms with van der Waals surface area (Å²) < 4.78 is 3.95. The molecule has 2 aromatic heterocycles. The van der Waals surface area contributed by atoms with Crippen molar-refractivity contribution in [2.24, 2.45) is 4.99 Å². The highest BCUT2D eigenvalue weighted by Gasteiger charge is 2.27. The molecule has 0 saturated heterocycles. The van der Waals surface area contributed by atoms with Crippen molar-refractivity contribution in [3.8, 4) is 11.4 Å². The van der Waals surface area contributed by atoms with Gasteiger partial charge in [-0.25, -0.2) is 9.67 Å². The Hall–Kier alpha value is -3.32. The number of hydrogen-bond acceptors (Lipinski definition) is 5. The van der Waals surface area contributed by atoms with Crippen LogP contribution in [0.25, 0.3) is 11.4 Å². The number of imidazole rings is 1. The van der Waals surface area contributed by atoms with E-state index < -0.39 is 0 Å². The first kappa shape index (κ1) is 19.4. The molecule has 6 rings (SSSR count). The van der Waals surface area contributed by atoms with E-state index in [9.17, 15) is 0 Å². The van der Waals surface area contributed by atoms with Gasteiger partial charge in [0.1, 0.15) is 0 Å². The van der Waals surface area contributed by atoms with Gasteiger partial charge in [-0.05, 0) is 59.9 Å². The summed E-state index contributed by atoms with van der Waals surface area (Å²) in [7, 11) is 0. The minimum atomic E-state index is 0.499. The highest BCUT2D eigenvalue weighted by Crippen LogP contribution is 2.30. The zero-order chi connectivity index (χ0) is 21.3. The molecular weight excluding hydrogens is 416 g/mol. The van der Waals surface area contributed by atoms with Gasteiger partial charge < -0.3 is 9.47 Å². The lowest BCUT2D eigenvalue weighted by Crippen LogP contribution is -2.34. The Labute approximate surface area is 191 Å². The number of thioether (sulfide) groups is 1. The summed E-state index contributed by atoms with van der Waals surface area (Å²) in [4.78, 5) is 11.5. The predicted molar refractivity (Wildman–Crippen MR) is 129 cm³/mol. The third-order valence-corrected chi connectivity index (χ3v) is 7.39. The van der Waals surface area contributed by atoms with Crippen LogP contribution in [0.15, 0.2) is 84.6 Å². The molecule has 0 fully saturated rings. The minimum Gasteiger partial charge on any atom is -0.347 e. The molecule has 4 aromatic rings. The van der Waals surface area contributed by atoms with Crippen molar-refractivity contribution in [3.05, 3.63) is 96.3 Å². The average molecular weight is 441 g/mol. The Kier molecular flexibility index (Phi) is 5.03. The third kappa shape index (κ3) is 3.84. The first-order valence-electron chi connectivity index (χ1n) is 11.0. The van der Waals surface area contributed by atoms with Crippen LogP contribution >= 0.6 is 11.8 Å². The molecule has 0 aliphatic carbocycles. The van der Waals surface area contributed by atoms with Crippen LogP contribution in [0.2, 0.25) is 0 Å². The molecule has 0 amide bonds. The van der Waals surface area contributed by atoms with E-state index in [0.717, 1.165) is 38.2 Å². The van der Waals surface area contributed by atoms with Crippen molar-refractivity contribution in [1.82, 2.24) is 24.2 Å². The molecule has 32 heavy (non-hydrogen) atoms. The maximum Gasteiger partial charge on any atom is 0.159 e. The fourth-order valence-corrected chi connectivity index (χ4v) is 5.61. The van der Waals surface area contributed by atoms with E-state index >= 15 is 0 Å². The summed E-state index contributed by atoms with van der Waals surface area (Å²) in [5.74, 6) is 0. The average Bonchev–Trinajstić information content (AvgIpc) is 3.62. The molecule has 4 heterocycles. The summed E-state index contributed by atoms with van der Waals surface area (Å²) in [5.41, 5.74) is 6.45. The number of hydrogen-bond donors (Lipinski definition) is 0. The van der Waals surface area contributed by atoms with E-state index in [0.29, 0.717) is 5.25 Å². The second-order valence-electron chi connectivity index (χ2n) is 8.28. The molecule has 0 radical (unpaired) electrons. The van der Waals surface area contributed by atoms with Crippen molar-refractivity contribution in [2.45, 2.75) is 24.6 Å². The first-order valence-corrected chi connectivity index (χ1v) is 11.8. The van der Waals surface area contributed by atoms with Gasteiger partial charge in [0, 0.05) is 48.8 Å². The Bertz CT molecular complexity index is 1230. The quantitative estimate of drug-likeness (QED) is 0.479. The minimum absolute atomic E-state index is 0.499. The summed E-state index contributed by atoms with van der Waals surface area (Å²) in [5, 5.41) is 6.00. The van der Waals surface area contributed by atoms with Gasteiger partial charge in [0.2, 0.25) is 0 Å². The summed E-state index contributed by atoms with van der Waals surface area (Å²) in [6.45, 7) is 2.85. The molecule has 1 atom stereocenters. The van der Waals surface area contributed by atoms with E-state index in [1.807, 2.05) is 47.4 Å². The highest BCUT2D eigenvalue weighted by molar-refractivity contribution is 8.14. The van der Waals surface area contributed by atoms with Gasteiger partial charge in [-0.15, -0.1) is 0 Å². The van der Waals surface area contributed by atoms with E-state index in [4.69, 9.17) is 4.99 Å². The number of amidine groups is 1. The monoisotopic (exact) mass is 440 g/mol. The zero-order valence-corrected chi connectivity index (χ0v) is 18.5. The summed E-state index contributed by atoms with van der Waals surface area (Å²) in [6.07, 6.45) is 11.5. The van der Waals surface area contributed by atoms with Crippen molar-refractivity contribution < 1.29 is 0 Å². The van der Waals surface area contributed by atoms with E-state index in [-0.39, 0.29) is 0 Å². The molecule has 1 unspecified atom stereocenters. The van der Waals surface area contributed by atoms with Crippen LogP contribution in [-0.4, -0.2) is 47.7 Å². The predicted octanol–water partition coefficient (Wildman–Crippen LogP) is 4.13. The van der Waals surface area contributed by atoms with Gasteiger partial charge in [0.15, 0.2) is 5.17 Å². The van der Waals surface area contributed by atoms with E-state index in [1.54, 1.807) is 6.20 Å². The Morgan fingerprint density at radius 2 is 1.88 bits per heavy atom. The fraction of sp³-hybridized carbons (Fsp3) is 0.240. The standard InChI is InChI=1S/C25H24N6S/c1-9-28-31(11-1)22-5-2-19(3-6-22)14-24-16-27-25(32-24)29-12-8-20-4-7-23(15-21(20)17-29)30-13-10-26-18-30/h1-7,9-11,13,15,18,24H,8,12,14,16-17H2. The van der Waals surface area contributed by atoms with Crippen molar-refractivity contribution in [1.29, 1.82) is 0 Å². The molecule has 2 aliphatic heterocycles. The number of fused-ring (bicyclic) bond motifs is 1. The number of aliphatic imine (C=N–C) groups is 1. The zero-order valence-electron chi connectivity index (χ0n) is 17.7. The van der Waals surface area contributed by atoms with Crippen LogP contribution < -0.4 is 0 Å². The van der Waals surface area contributed by atoms with Gasteiger partial charge in [-0.1, -0.05) is 30.0 Å². The van der Waals surface area contributed by atoms with E-state index in [1.165, 1.54) is 27.5 Å². The highest BCUT2D eigenvalue weighted by atomic mass is 32.2. The van der Waals surface area contributed by atoms with Crippen molar-refractivity contribution in [2.75, 3.05) is 13.1 Å². The van der Waals surface area contributed by atoms with Crippen LogP contribution in [0.3, 0.4) is 0 Å². The molecule has 160 valence electrons. The lowest BCUT2D eigenvalue weighted by atomic mass is 9.99.